The number of hydrogen-bond acceptors (Lipinski definition) is 4. The fourth-order valence-electron chi connectivity index (χ4n) is 1.04. The maximum atomic E-state index is 5.42. The Labute approximate surface area is 75.2 Å². The van der Waals surface area contributed by atoms with Crippen LogP contribution in [0.4, 0.5) is 5.82 Å². The number of aromatic nitrogens is 4. The summed E-state index contributed by atoms with van der Waals surface area (Å²) in [6, 6.07) is 3.84. The number of nitrogens with zero attached hydrogens (tertiary/aromatic N) is 4. The van der Waals surface area contributed by atoms with Crippen molar-refractivity contribution in [2.45, 2.75) is 6.54 Å². The first-order valence-corrected chi connectivity index (χ1v) is 3.89. The van der Waals surface area contributed by atoms with Gasteiger partial charge in [0.15, 0.2) is 5.82 Å². The Balaban J connectivity index is 2.15. The number of nitrogens with two attached hydrogens (primary N) is 1. The summed E-state index contributed by atoms with van der Waals surface area (Å²) in [6.45, 7) is 0.602. The molecule has 2 heterocycles. The molecule has 0 spiro atoms. The molecule has 2 N–H and O–H groups in total. The van der Waals surface area contributed by atoms with Gasteiger partial charge >= 0.3 is 0 Å². The number of hydrogen-bond donors (Lipinski definition) is 1. The third-order valence-corrected chi connectivity index (χ3v) is 1.60. The monoisotopic (exact) mass is 175 g/mol. The Morgan fingerprint density at radius 2 is 2.31 bits per heavy atom. The van der Waals surface area contributed by atoms with Gasteiger partial charge in [-0.3, -0.25) is 4.98 Å². The first kappa shape index (κ1) is 7.72. The Morgan fingerprint density at radius 1 is 1.38 bits per heavy atom. The highest BCUT2D eigenvalue weighted by atomic mass is 15.5. The summed E-state index contributed by atoms with van der Waals surface area (Å²) in [5.74, 6) is 0.434. The van der Waals surface area contributed by atoms with Crippen LogP contribution in [0.5, 0.6) is 0 Å². The molecular formula is C8H9N5. The minimum atomic E-state index is 0.434. The molecule has 5 heteroatoms. The van der Waals surface area contributed by atoms with Crippen LogP contribution in [0.2, 0.25) is 0 Å². The molecular weight excluding hydrogens is 166 g/mol. The largest absolute Gasteiger partial charge is 0.381 e. The van der Waals surface area contributed by atoms with Crippen LogP contribution in [0.1, 0.15) is 5.56 Å². The number of anilines is 1. The second-order valence-electron chi connectivity index (χ2n) is 2.66. The van der Waals surface area contributed by atoms with Crippen molar-refractivity contribution < 1.29 is 0 Å². The summed E-state index contributed by atoms with van der Waals surface area (Å²) in [6.07, 6.45) is 5.03. The SMILES string of the molecule is Nc1cnn(Cc2cccnc2)n1. The molecule has 2 aromatic heterocycles. The van der Waals surface area contributed by atoms with E-state index in [2.05, 4.69) is 15.2 Å². The predicted octanol–water partition coefficient (Wildman–Crippen LogP) is 0.304. The smallest absolute Gasteiger partial charge is 0.165 e. The average Bonchev–Trinajstić information content (AvgIpc) is 2.53. The normalized spacial score (nSPS) is 10.2. The van der Waals surface area contributed by atoms with Gasteiger partial charge in [-0.25, -0.2) is 0 Å². The van der Waals surface area contributed by atoms with Gasteiger partial charge in [0.1, 0.15) is 0 Å². The van der Waals surface area contributed by atoms with E-state index in [0.717, 1.165) is 5.56 Å². The van der Waals surface area contributed by atoms with E-state index in [1.54, 1.807) is 12.4 Å². The molecule has 0 aliphatic carbocycles. The standard InChI is InChI=1S/C8H9N5/c9-8-5-11-13(12-8)6-7-2-1-3-10-4-7/h1-5H,6H2,(H2,9,12). The first-order valence-electron chi connectivity index (χ1n) is 3.89. The van der Waals surface area contributed by atoms with Crippen LogP contribution in [0.25, 0.3) is 0 Å². The summed E-state index contributed by atoms with van der Waals surface area (Å²) >= 11 is 0. The van der Waals surface area contributed by atoms with Gasteiger partial charge in [-0.2, -0.15) is 9.90 Å². The molecule has 0 aliphatic rings. The third kappa shape index (κ3) is 1.81. The maximum Gasteiger partial charge on any atom is 0.165 e. The number of nitrogen functional groups attached to an aromatic ring is 1. The van der Waals surface area contributed by atoms with Gasteiger partial charge in [0.2, 0.25) is 0 Å². The molecule has 0 bridgehead atoms. The highest BCUT2D eigenvalue weighted by Crippen LogP contribution is 1.99. The lowest BCUT2D eigenvalue weighted by molar-refractivity contribution is 0.592. The molecule has 66 valence electrons. The molecule has 0 aliphatic heterocycles. The summed E-state index contributed by atoms with van der Waals surface area (Å²) in [5.41, 5.74) is 6.48. The molecule has 0 saturated carbocycles. The third-order valence-electron chi connectivity index (χ3n) is 1.60. The lowest BCUT2D eigenvalue weighted by atomic mass is 10.3. The van der Waals surface area contributed by atoms with Gasteiger partial charge in [0, 0.05) is 12.4 Å². The fraction of sp³-hybridized carbons (Fsp3) is 0.125. The summed E-state index contributed by atoms with van der Waals surface area (Å²) < 4.78 is 0. The van der Waals surface area contributed by atoms with E-state index in [9.17, 15) is 0 Å². The Bertz CT molecular complexity index is 380. The zero-order valence-electron chi connectivity index (χ0n) is 6.96. The summed E-state index contributed by atoms with van der Waals surface area (Å²) in [4.78, 5) is 5.52. The zero-order chi connectivity index (χ0) is 9.10. The summed E-state index contributed by atoms with van der Waals surface area (Å²) in [5, 5.41) is 7.93. The van der Waals surface area contributed by atoms with E-state index in [4.69, 9.17) is 5.73 Å². The Morgan fingerprint density at radius 3 is 2.92 bits per heavy atom. The zero-order valence-corrected chi connectivity index (χ0v) is 6.96. The van der Waals surface area contributed by atoms with E-state index in [1.807, 2.05) is 12.1 Å². The molecule has 0 amide bonds. The van der Waals surface area contributed by atoms with Crippen molar-refractivity contribution in [3.63, 3.8) is 0 Å². The van der Waals surface area contributed by atoms with E-state index in [1.165, 1.54) is 11.0 Å². The van der Waals surface area contributed by atoms with Crippen LogP contribution in [-0.2, 0) is 6.54 Å². The molecule has 0 atom stereocenters. The highest BCUT2D eigenvalue weighted by molar-refractivity contribution is 5.19. The second kappa shape index (κ2) is 3.22. The van der Waals surface area contributed by atoms with Crippen molar-refractivity contribution in [3.8, 4) is 0 Å². The Kier molecular flexibility index (Phi) is 1.91. The van der Waals surface area contributed by atoms with Crippen molar-refractivity contribution in [2.24, 2.45) is 0 Å². The van der Waals surface area contributed by atoms with E-state index in [0.29, 0.717) is 12.4 Å². The second-order valence-corrected chi connectivity index (χ2v) is 2.66. The molecule has 2 aromatic rings. The van der Waals surface area contributed by atoms with Crippen molar-refractivity contribution in [2.75, 3.05) is 5.73 Å². The van der Waals surface area contributed by atoms with Gasteiger partial charge in [-0.05, 0) is 11.6 Å². The molecule has 2 rings (SSSR count). The van der Waals surface area contributed by atoms with E-state index in [-0.39, 0.29) is 0 Å². The topological polar surface area (TPSA) is 69.6 Å². The van der Waals surface area contributed by atoms with Gasteiger partial charge < -0.3 is 5.73 Å². The van der Waals surface area contributed by atoms with Crippen LogP contribution in [0.3, 0.4) is 0 Å². The lowest BCUT2D eigenvalue weighted by Crippen LogP contribution is -2.04. The van der Waals surface area contributed by atoms with Crippen LogP contribution in [-0.4, -0.2) is 20.0 Å². The van der Waals surface area contributed by atoms with Gasteiger partial charge in [0.05, 0.1) is 12.7 Å². The van der Waals surface area contributed by atoms with Crippen LogP contribution >= 0.6 is 0 Å². The van der Waals surface area contributed by atoms with Crippen molar-refractivity contribution >= 4 is 5.82 Å². The number of rotatable bonds is 2. The minimum absolute atomic E-state index is 0.434. The summed E-state index contributed by atoms with van der Waals surface area (Å²) in [7, 11) is 0. The van der Waals surface area contributed by atoms with Gasteiger partial charge in [-0.15, -0.1) is 5.10 Å². The van der Waals surface area contributed by atoms with Crippen molar-refractivity contribution in [3.05, 3.63) is 36.3 Å². The molecule has 0 fully saturated rings. The quantitative estimate of drug-likeness (QED) is 0.712. The van der Waals surface area contributed by atoms with Crippen molar-refractivity contribution in [1.82, 2.24) is 20.0 Å². The van der Waals surface area contributed by atoms with Crippen LogP contribution < -0.4 is 5.73 Å². The molecule has 0 saturated heterocycles. The molecule has 0 aromatic carbocycles. The first-order chi connectivity index (χ1) is 6.34. The molecule has 0 unspecified atom stereocenters. The Hall–Kier alpha value is -1.91. The highest BCUT2D eigenvalue weighted by Gasteiger charge is 1.97. The average molecular weight is 175 g/mol. The maximum absolute atomic E-state index is 5.42. The van der Waals surface area contributed by atoms with Crippen molar-refractivity contribution in [1.29, 1.82) is 0 Å². The predicted molar refractivity (Wildman–Crippen MR) is 47.8 cm³/mol. The fourth-order valence-corrected chi connectivity index (χ4v) is 1.04. The molecule has 5 nitrogen and oxygen atoms in total. The minimum Gasteiger partial charge on any atom is -0.381 e. The van der Waals surface area contributed by atoms with E-state index < -0.39 is 0 Å². The van der Waals surface area contributed by atoms with Crippen LogP contribution in [0, 0.1) is 0 Å². The lowest BCUT2D eigenvalue weighted by Gasteiger charge is -1.97. The molecule has 0 radical (unpaired) electrons. The van der Waals surface area contributed by atoms with Crippen LogP contribution in [0.15, 0.2) is 30.7 Å². The van der Waals surface area contributed by atoms with E-state index >= 15 is 0 Å². The number of pyridine rings is 1. The van der Waals surface area contributed by atoms with Gasteiger partial charge in [-0.1, -0.05) is 6.07 Å². The van der Waals surface area contributed by atoms with Gasteiger partial charge in [0.25, 0.3) is 0 Å². The molecule has 13 heavy (non-hydrogen) atoms.